The molecule has 7 heteroatoms. The molecule has 1 unspecified atom stereocenters. The lowest BCUT2D eigenvalue weighted by molar-refractivity contribution is 0.561. The highest BCUT2D eigenvalue weighted by Gasteiger charge is 2.20. The molecule has 0 saturated heterocycles. The van der Waals surface area contributed by atoms with Crippen molar-refractivity contribution in [3.63, 3.8) is 0 Å². The molecule has 0 amide bonds. The number of rotatable bonds is 6. The number of benzene rings is 1. The minimum Gasteiger partial charge on any atom is -0.347 e. The lowest BCUT2D eigenvalue weighted by atomic mass is 10.1. The molecule has 2 aromatic rings. The lowest BCUT2D eigenvalue weighted by Gasteiger charge is -2.14. The van der Waals surface area contributed by atoms with Crippen LogP contribution in [0.15, 0.2) is 35.5 Å². The fourth-order valence-corrected chi connectivity index (χ4v) is 3.32. The van der Waals surface area contributed by atoms with E-state index in [0.29, 0.717) is 12.4 Å². The van der Waals surface area contributed by atoms with Crippen molar-refractivity contribution in [1.29, 1.82) is 0 Å². The van der Waals surface area contributed by atoms with Gasteiger partial charge in [0.15, 0.2) is 0 Å². The number of aryl methyl sites for hydroxylation is 1. The molecular weight excluding hydrogens is 288 g/mol. The van der Waals surface area contributed by atoms with Crippen molar-refractivity contribution in [1.82, 2.24) is 20.0 Å². The number of aromatic nitrogens is 2. The zero-order chi connectivity index (χ0) is 15.5. The number of sulfonamides is 1. The van der Waals surface area contributed by atoms with Gasteiger partial charge in [-0.05, 0) is 44.2 Å². The van der Waals surface area contributed by atoms with E-state index in [1.54, 1.807) is 31.5 Å². The van der Waals surface area contributed by atoms with E-state index < -0.39 is 16.1 Å². The zero-order valence-corrected chi connectivity index (χ0v) is 13.2. The van der Waals surface area contributed by atoms with Crippen LogP contribution in [0.4, 0.5) is 0 Å². The first-order valence-corrected chi connectivity index (χ1v) is 8.18. The Kier molecular flexibility index (Phi) is 4.76. The van der Waals surface area contributed by atoms with Crippen LogP contribution in [0.3, 0.4) is 0 Å². The van der Waals surface area contributed by atoms with Gasteiger partial charge in [-0.25, -0.2) is 18.1 Å². The summed E-state index contributed by atoms with van der Waals surface area (Å²) in [4.78, 5) is 7.23. The highest BCUT2D eigenvalue weighted by Crippen LogP contribution is 2.18. The average molecular weight is 308 g/mol. The van der Waals surface area contributed by atoms with Crippen molar-refractivity contribution < 1.29 is 8.42 Å². The van der Waals surface area contributed by atoms with Crippen molar-refractivity contribution in [2.24, 2.45) is 0 Å². The van der Waals surface area contributed by atoms with Crippen molar-refractivity contribution in [2.75, 3.05) is 7.05 Å². The van der Waals surface area contributed by atoms with Crippen molar-refractivity contribution >= 4 is 10.0 Å². The van der Waals surface area contributed by atoms with E-state index in [1.165, 1.54) is 0 Å². The van der Waals surface area contributed by atoms with Crippen LogP contribution in [-0.4, -0.2) is 25.4 Å². The highest BCUT2D eigenvalue weighted by molar-refractivity contribution is 7.89. The van der Waals surface area contributed by atoms with Crippen LogP contribution in [0.1, 0.15) is 29.9 Å². The normalized spacial score (nSPS) is 13.3. The van der Waals surface area contributed by atoms with Gasteiger partial charge in [-0.3, -0.25) is 0 Å². The fraction of sp³-hybridized carbons (Fsp3) is 0.357. The number of imidazole rings is 1. The third kappa shape index (κ3) is 3.69. The van der Waals surface area contributed by atoms with Gasteiger partial charge in [0.2, 0.25) is 10.0 Å². The second-order valence-corrected chi connectivity index (χ2v) is 6.65. The van der Waals surface area contributed by atoms with Gasteiger partial charge >= 0.3 is 0 Å². The van der Waals surface area contributed by atoms with E-state index in [1.807, 2.05) is 20.0 Å². The summed E-state index contributed by atoms with van der Waals surface area (Å²) < 4.78 is 27.5. The summed E-state index contributed by atoms with van der Waals surface area (Å²) in [5.74, 6) is 0.584. The Morgan fingerprint density at radius 1 is 1.38 bits per heavy atom. The molecule has 0 aliphatic rings. The molecule has 0 spiro atoms. The van der Waals surface area contributed by atoms with Crippen molar-refractivity contribution in [3.05, 3.63) is 47.5 Å². The fourth-order valence-electron chi connectivity index (χ4n) is 2.07. The quantitative estimate of drug-likeness (QED) is 0.754. The van der Waals surface area contributed by atoms with E-state index in [2.05, 4.69) is 20.0 Å². The standard InChI is InChI=1S/C14H20N4O2S/c1-10-4-5-13(8-12(10)9-15-3)21(19,20)18-11(2)14-16-6-7-17-14/h4-8,11,15,18H,9H2,1-3H3,(H,16,17). The third-order valence-electron chi connectivity index (χ3n) is 3.26. The molecular formula is C14H20N4O2S. The highest BCUT2D eigenvalue weighted by atomic mass is 32.2. The number of nitrogens with zero attached hydrogens (tertiary/aromatic N) is 1. The molecule has 1 heterocycles. The van der Waals surface area contributed by atoms with Gasteiger partial charge in [0, 0.05) is 18.9 Å². The smallest absolute Gasteiger partial charge is 0.241 e. The molecule has 21 heavy (non-hydrogen) atoms. The lowest BCUT2D eigenvalue weighted by Crippen LogP contribution is -2.27. The molecule has 1 aromatic carbocycles. The van der Waals surface area contributed by atoms with E-state index in [9.17, 15) is 8.42 Å². The Bertz CT molecular complexity index is 696. The Morgan fingerprint density at radius 2 is 2.14 bits per heavy atom. The maximum atomic E-state index is 12.4. The summed E-state index contributed by atoms with van der Waals surface area (Å²) >= 11 is 0. The topological polar surface area (TPSA) is 86.9 Å². The molecule has 6 nitrogen and oxygen atoms in total. The monoisotopic (exact) mass is 308 g/mol. The maximum absolute atomic E-state index is 12.4. The predicted molar refractivity (Wildman–Crippen MR) is 81.3 cm³/mol. The van der Waals surface area contributed by atoms with Crippen LogP contribution in [0.25, 0.3) is 0 Å². The Morgan fingerprint density at radius 3 is 2.76 bits per heavy atom. The number of hydrogen-bond donors (Lipinski definition) is 3. The van der Waals surface area contributed by atoms with E-state index >= 15 is 0 Å². The minimum atomic E-state index is -3.58. The Balaban J connectivity index is 2.25. The largest absolute Gasteiger partial charge is 0.347 e. The van der Waals surface area contributed by atoms with Crippen LogP contribution in [-0.2, 0) is 16.6 Å². The number of hydrogen-bond acceptors (Lipinski definition) is 4. The zero-order valence-electron chi connectivity index (χ0n) is 12.3. The van der Waals surface area contributed by atoms with Gasteiger partial charge in [-0.15, -0.1) is 0 Å². The van der Waals surface area contributed by atoms with Gasteiger partial charge in [-0.1, -0.05) is 6.07 Å². The minimum absolute atomic E-state index is 0.261. The van der Waals surface area contributed by atoms with Crippen LogP contribution < -0.4 is 10.0 Å². The summed E-state index contributed by atoms with van der Waals surface area (Å²) in [6.45, 7) is 4.34. The molecule has 0 saturated carbocycles. The van der Waals surface area contributed by atoms with Crippen molar-refractivity contribution in [2.45, 2.75) is 31.3 Å². The predicted octanol–water partition coefficient (Wildman–Crippen LogP) is 1.48. The van der Waals surface area contributed by atoms with Crippen molar-refractivity contribution in [3.8, 4) is 0 Å². The molecule has 3 N–H and O–H groups in total. The first-order chi connectivity index (χ1) is 9.94. The Labute approximate surface area is 125 Å². The second-order valence-electron chi connectivity index (χ2n) is 4.94. The van der Waals surface area contributed by atoms with E-state index in [4.69, 9.17) is 0 Å². The number of nitrogens with one attached hydrogen (secondary N) is 3. The van der Waals surface area contributed by atoms with Gasteiger partial charge < -0.3 is 10.3 Å². The van der Waals surface area contributed by atoms with Gasteiger partial charge in [-0.2, -0.15) is 0 Å². The van der Waals surface area contributed by atoms with E-state index in [0.717, 1.165) is 11.1 Å². The SMILES string of the molecule is CNCc1cc(S(=O)(=O)NC(C)c2ncc[nH]2)ccc1C. The molecule has 1 aromatic heterocycles. The maximum Gasteiger partial charge on any atom is 0.241 e. The Hall–Kier alpha value is -1.70. The molecule has 0 aliphatic heterocycles. The number of aromatic amines is 1. The summed E-state index contributed by atoms with van der Waals surface area (Å²) in [5, 5.41) is 3.04. The van der Waals surface area contributed by atoms with Gasteiger partial charge in [0.1, 0.15) is 5.82 Å². The van der Waals surface area contributed by atoms with Crippen LogP contribution >= 0.6 is 0 Å². The molecule has 1 atom stereocenters. The molecule has 0 fully saturated rings. The summed E-state index contributed by atoms with van der Waals surface area (Å²) in [6, 6.07) is 4.71. The summed E-state index contributed by atoms with van der Waals surface area (Å²) in [7, 11) is -1.75. The summed E-state index contributed by atoms with van der Waals surface area (Å²) in [6.07, 6.45) is 3.26. The van der Waals surface area contributed by atoms with Crippen LogP contribution in [0.2, 0.25) is 0 Å². The van der Waals surface area contributed by atoms with Crippen LogP contribution in [0, 0.1) is 6.92 Å². The molecule has 0 bridgehead atoms. The number of H-pyrrole nitrogens is 1. The van der Waals surface area contributed by atoms with E-state index in [-0.39, 0.29) is 4.90 Å². The van der Waals surface area contributed by atoms with Gasteiger partial charge in [0.25, 0.3) is 0 Å². The molecule has 0 aliphatic carbocycles. The van der Waals surface area contributed by atoms with Crippen LogP contribution in [0.5, 0.6) is 0 Å². The summed E-state index contributed by atoms with van der Waals surface area (Å²) in [5.41, 5.74) is 2.02. The molecule has 0 radical (unpaired) electrons. The molecule has 114 valence electrons. The first-order valence-electron chi connectivity index (χ1n) is 6.70. The average Bonchev–Trinajstić information content (AvgIpc) is 2.95. The third-order valence-corrected chi connectivity index (χ3v) is 4.80. The first kappa shape index (κ1) is 15.7. The van der Waals surface area contributed by atoms with Gasteiger partial charge in [0.05, 0.1) is 10.9 Å². The molecule has 2 rings (SSSR count). The second kappa shape index (κ2) is 6.38.